The van der Waals surface area contributed by atoms with Crippen LogP contribution in [0.3, 0.4) is 0 Å². The molecule has 0 aliphatic carbocycles. The fraction of sp³-hybridized carbons (Fsp3) is 0.192. The van der Waals surface area contributed by atoms with Gasteiger partial charge in [0.25, 0.3) is 0 Å². The first-order chi connectivity index (χ1) is 16.0. The third kappa shape index (κ3) is 6.84. The zero-order valence-electron chi connectivity index (χ0n) is 18.2. The molecule has 1 unspecified atom stereocenters. The van der Waals surface area contributed by atoms with E-state index in [9.17, 15) is 4.79 Å². The Kier molecular flexibility index (Phi) is 8.03. The first kappa shape index (κ1) is 23.4. The summed E-state index contributed by atoms with van der Waals surface area (Å²) in [6.07, 6.45) is -0.231. The molecule has 0 radical (unpaired) electrons. The minimum atomic E-state index is -1.01. The molecule has 0 heterocycles. The number of ether oxygens (including phenoxy) is 3. The molecule has 3 rings (SSSR count). The van der Waals surface area contributed by atoms with Crippen LogP contribution >= 0.6 is 0 Å². The lowest BCUT2D eigenvalue weighted by molar-refractivity contribution is -0.137. The second-order valence-electron chi connectivity index (χ2n) is 7.28. The number of methoxy groups -OCH3 is 1. The largest absolute Gasteiger partial charge is 0.497 e. The van der Waals surface area contributed by atoms with E-state index in [1.807, 2.05) is 54.6 Å². The summed E-state index contributed by atoms with van der Waals surface area (Å²) in [5.74, 6) is 0.328. The van der Waals surface area contributed by atoms with Crippen LogP contribution in [0, 0.1) is 16.7 Å². The highest BCUT2D eigenvalue weighted by atomic mass is 16.5. The molecule has 7 nitrogen and oxygen atoms in total. The highest BCUT2D eigenvalue weighted by molar-refractivity contribution is 5.99. The van der Waals surface area contributed by atoms with Crippen LogP contribution < -0.4 is 14.2 Å². The maximum Gasteiger partial charge on any atom is 0.305 e. The number of nitrogens with zero attached hydrogens (tertiary/aromatic N) is 1. The van der Waals surface area contributed by atoms with Crippen LogP contribution in [-0.4, -0.2) is 30.5 Å². The van der Waals surface area contributed by atoms with Gasteiger partial charge < -0.3 is 24.7 Å². The molecule has 1 atom stereocenters. The van der Waals surface area contributed by atoms with Gasteiger partial charge in [0, 0.05) is 0 Å². The molecule has 2 N–H and O–H groups in total. The summed E-state index contributed by atoms with van der Waals surface area (Å²) in [4.78, 5) is 10.9. The van der Waals surface area contributed by atoms with Crippen LogP contribution in [-0.2, 0) is 11.4 Å². The van der Waals surface area contributed by atoms with Crippen molar-refractivity contribution < 1.29 is 24.1 Å². The van der Waals surface area contributed by atoms with Crippen LogP contribution in [0.2, 0.25) is 0 Å². The Hall–Kier alpha value is -4.31. The van der Waals surface area contributed by atoms with Gasteiger partial charge >= 0.3 is 5.97 Å². The molecule has 0 aliphatic heterocycles. The van der Waals surface area contributed by atoms with Crippen molar-refractivity contribution in [3.8, 4) is 23.3 Å². The highest BCUT2D eigenvalue weighted by Gasteiger charge is 2.14. The molecule has 3 aromatic carbocycles. The molecule has 7 heteroatoms. The number of hydrogen-bond donors (Lipinski definition) is 2. The van der Waals surface area contributed by atoms with E-state index < -0.39 is 11.9 Å². The van der Waals surface area contributed by atoms with Gasteiger partial charge in [0.15, 0.2) is 0 Å². The third-order valence-corrected chi connectivity index (χ3v) is 4.97. The van der Waals surface area contributed by atoms with Crippen molar-refractivity contribution in [2.75, 3.05) is 13.7 Å². The van der Waals surface area contributed by atoms with Gasteiger partial charge in [-0.25, -0.2) is 0 Å². The third-order valence-electron chi connectivity index (χ3n) is 4.97. The van der Waals surface area contributed by atoms with E-state index in [0.29, 0.717) is 29.4 Å². The summed E-state index contributed by atoms with van der Waals surface area (Å²) in [6, 6.07) is 23.6. The number of carbonyl (C=O) groups is 1. The van der Waals surface area contributed by atoms with Crippen molar-refractivity contribution in [1.29, 1.82) is 10.7 Å². The van der Waals surface area contributed by atoms with Crippen molar-refractivity contribution in [3.63, 3.8) is 0 Å². The topological polar surface area (TPSA) is 113 Å². The summed E-state index contributed by atoms with van der Waals surface area (Å²) in [5, 5.41) is 26.2. The molecule has 33 heavy (non-hydrogen) atoms. The second kappa shape index (κ2) is 11.3. The molecule has 3 aromatic rings. The van der Waals surface area contributed by atoms with Gasteiger partial charge in [-0.3, -0.25) is 4.79 Å². The SMILES string of the molecule is COc1ccc(C(=N)COc2ccc(COc3ccc(C(C#N)CC(=O)O)cc3)cc2)cc1. The number of nitrogens with one attached hydrogen (secondary N) is 1. The zero-order valence-corrected chi connectivity index (χ0v) is 18.2. The standard InChI is InChI=1S/C26H24N2O5/c1-31-22-10-6-20(7-11-22)25(28)17-33-23-8-2-18(3-9-23)16-32-24-12-4-19(5-13-24)21(15-27)14-26(29)30/h2-13,21,28H,14,16-17H2,1H3,(H,29,30). The minimum absolute atomic E-state index is 0.153. The maximum absolute atomic E-state index is 10.9. The second-order valence-corrected chi connectivity index (χ2v) is 7.28. The fourth-order valence-corrected chi connectivity index (χ4v) is 3.09. The first-order valence-corrected chi connectivity index (χ1v) is 10.3. The summed E-state index contributed by atoms with van der Waals surface area (Å²) in [7, 11) is 1.60. The van der Waals surface area contributed by atoms with Gasteiger partial charge in [-0.1, -0.05) is 24.3 Å². The molecule has 0 aliphatic rings. The minimum Gasteiger partial charge on any atom is -0.497 e. The predicted molar refractivity (Wildman–Crippen MR) is 123 cm³/mol. The van der Waals surface area contributed by atoms with E-state index in [4.69, 9.17) is 30.0 Å². The van der Waals surface area contributed by atoms with Crippen molar-refractivity contribution in [3.05, 3.63) is 89.5 Å². The highest BCUT2D eigenvalue weighted by Crippen LogP contribution is 2.23. The van der Waals surface area contributed by atoms with E-state index >= 15 is 0 Å². The quantitative estimate of drug-likeness (QED) is 0.411. The van der Waals surface area contributed by atoms with E-state index in [1.54, 1.807) is 31.4 Å². The number of aliphatic carboxylic acids is 1. The van der Waals surface area contributed by atoms with E-state index in [1.165, 1.54) is 0 Å². The van der Waals surface area contributed by atoms with Crippen molar-refractivity contribution in [2.45, 2.75) is 18.9 Å². The van der Waals surface area contributed by atoms with Gasteiger partial charge in [0.1, 0.15) is 30.5 Å². The van der Waals surface area contributed by atoms with Gasteiger partial charge in [-0.2, -0.15) is 5.26 Å². The lowest BCUT2D eigenvalue weighted by atomic mass is 9.97. The average molecular weight is 444 g/mol. The Morgan fingerprint density at radius 2 is 1.52 bits per heavy atom. The van der Waals surface area contributed by atoms with Crippen molar-refractivity contribution in [1.82, 2.24) is 0 Å². The van der Waals surface area contributed by atoms with Gasteiger partial charge in [0.05, 0.1) is 31.2 Å². The monoisotopic (exact) mass is 444 g/mol. The summed E-state index contributed by atoms with van der Waals surface area (Å²) in [6.45, 7) is 0.498. The Bertz CT molecular complexity index is 1120. The van der Waals surface area contributed by atoms with Crippen LogP contribution in [0.1, 0.15) is 29.0 Å². The lowest BCUT2D eigenvalue weighted by Gasteiger charge is -2.11. The average Bonchev–Trinajstić information content (AvgIpc) is 2.85. The van der Waals surface area contributed by atoms with E-state index in [-0.39, 0.29) is 13.0 Å². The molecule has 0 fully saturated rings. The lowest BCUT2D eigenvalue weighted by Crippen LogP contribution is -2.11. The molecule has 0 amide bonds. The molecule has 0 saturated heterocycles. The van der Waals surface area contributed by atoms with E-state index in [2.05, 4.69) is 0 Å². The predicted octanol–water partition coefficient (Wildman–Crippen LogP) is 4.80. The number of nitriles is 1. The van der Waals surface area contributed by atoms with Crippen molar-refractivity contribution in [2.24, 2.45) is 0 Å². The Morgan fingerprint density at radius 3 is 2.09 bits per heavy atom. The first-order valence-electron chi connectivity index (χ1n) is 10.3. The summed E-state index contributed by atoms with van der Waals surface area (Å²) >= 11 is 0. The fourth-order valence-electron chi connectivity index (χ4n) is 3.09. The van der Waals surface area contributed by atoms with Gasteiger partial charge in [-0.15, -0.1) is 0 Å². The normalized spacial score (nSPS) is 11.2. The molecule has 0 spiro atoms. The van der Waals surface area contributed by atoms with Crippen LogP contribution in [0.5, 0.6) is 17.2 Å². The Labute approximate surface area is 192 Å². The summed E-state index contributed by atoms with van der Waals surface area (Å²) in [5.41, 5.74) is 2.73. The van der Waals surface area contributed by atoms with Crippen molar-refractivity contribution >= 4 is 11.7 Å². The van der Waals surface area contributed by atoms with Crippen LogP contribution in [0.25, 0.3) is 0 Å². The molecule has 0 bridgehead atoms. The number of hydrogen-bond acceptors (Lipinski definition) is 6. The molecular formula is C26H24N2O5. The maximum atomic E-state index is 10.9. The number of carboxylic acid groups (broad SMARTS) is 1. The molecular weight excluding hydrogens is 420 g/mol. The number of benzene rings is 3. The van der Waals surface area contributed by atoms with Gasteiger partial charge in [-0.05, 0) is 65.2 Å². The zero-order chi connectivity index (χ0) is 23.6. The smallest absolute Gasteiger partial charge is 0.305 e. The van der Waals surface area contributed by atoms with Crippen LogP contribution in [0.4, 0.5) is 0 Å². The molecule has 0 saturated carbocycles. The molecule has 0 aromatic heterocycles. The number of carboxylic acids is 1. The van der Waals surface area contributed by atoms with Crippen LogP contribution in [0.15, 0.2) is 72.8 Å². The Morgan fingerprint density at radius 1 is 0.939 bits per heavy atom. The van der Waals surface area contributed by atoms with Gasteiger partial charge in [0.2, 0.25) is 0 Å². The number of rotatable bonds is 11. The van der Waals surface area contributed by atoms with E-state index in [0.717, 1.165) is 16.9 Å². The summed E-state index contributed by atoms with van der Waals surface area (Å²) < 4.78 is 16.6. The Balaban J connectivity index is 1.48. The molecule has 168 valence electrons.